The zero-order valence-corrected chi connectivity index (χ0v) is 42.0. The Hall–Kier alpha value is -3.15. The number of hydrogen-bond acceptors (Lipinski definition) is 6. The maximum Gasteiger partial charge on any atom is 0.306 e. The number of carbonyl (C=O) groups is 3. The highest BCUT2D eigenvalue weighted by atomic mass is 16.6. The summed E-state index contributed by atoms with van der Waals surface area (Å²) in [6.45, 7) is 6.45. The van der Waals surface area contributed by atoms with Gasteiger partial charge in [0.05, 0.1) is 0 Å². The Bertz CT molecular complexity index is 1210. The van der Waals surface area contributed by atoms with Crippen LogP contribution in [0.3, 0.4) is 0 Å². The van der Waals surface area contributed by atoms with Crippen molar-refractivity contribution in [2.24, 2.45) is 0 Å². The molecule has 0 aromatic carbocycles. The summed E-state index contributed by atoms with van der Waals surface area (Å²) in [6, 6.07) is 0. The number of allylic oxidation sites excluding steroid dienone is 12. The van der Waals surface area contributed by atoms with Crippen LogP contribution in [0.4, 0.5) is 0 Å². The Kier molecular flexibility index (Phi) is 49.9. The summed E-state index contributed by atoms with van der Waals surface area (Å²) in [7, 11) is 0. The predicted octanol–water partition coefficient (Wildman–Crippen LogP) is 17.8. The van der Waals surface area contributed by atoms with Crippen LogP contribution in [0.1, 0.15) is 258 Å². The number of ether oxygens (including phenoxy) is 3. The molecule has 1 unspecified atom stereocenters. The highest BCUT2D eigenvalue weighted by Gasteiger charge is 2.19. The Labute approximate surface area is 395 Å². The van der Waals surface area contributed by atoms with E-state index in [1.807, 2.05) is 0 Å². The summed E-state index contributed by atoms with van der Waals surface area (Å²) in [6.07, 6.45) is 66.0. The van der Waals surface area contributed by atoms with Gasteiger partial charge in [-0.05, 0) is 103 Å². The second-order valence-corrected chi connectivity index (χ2v) is 17.7. The normalized spacial score (nSPS) is 12.6. The minimum absolute atomic E-state index is 0.0850. The molecule has 0 fully saturated rings. The van der Waals surface area contributed by atoms with E-state index in [1.165, 1.54) is 109 Å². The fourth-order valence-corrected chi connectivity index (χ4v) is 7.35. The Morgan fingerprint density at radius 1 is 0.328 bits per heavy atom. The lowest BCUT2D eigenvalue weighted by atomic mass is 10.1. The highest BCUT2D eigenvalue weighted by Crippen LogP contribution is 2.15. The summed E-state index contributed by atoms with van der Waals surface area (Å²) in [5.74, 6) is -0.909. The van der Waals surface area contributed by atoms with Crippen molar-refractivity contribution in [1.29, 1.82) is 0 Å². The smallest absolute Gasteiger partial charge is 0.306 e. The van der Waals surface area contributed by atoms with Crippen LogP contribution >= 0.6 is 0 Å². The molecule has 0 spiro atoms. The van der Waals surface area contributed by atoms with Crippen LogP contribution in [0.5, 0.6) is 0 Å². The monoisotopic (exact) mass is 893 g/mol. The van der Waals surface area contributed by atoms with Gasteiger partial charge in [0.15, 0.2) is 6.10 Å². The Balaban J connectivity index is 4.34. The van der Waals surface area contributed by atoms with Crippen molar-refractivity contribution < 1.29 is 28.6 Å². The molecule has 0 saturated carbocycles. The lowest BCUT2D eigenvalue weighted by molar-refractivity contribution is -0.167. The van der Waals surface area contributed by atoms with Gasteiger partial charge in [-0.1, -0.05) is 209 Å². The first kappa shape index (κ1) is 60.9. The molecule has 6 heteroatoms. The van der Waals surface area contributed by atoms with Gasteiger partial charge in [-0.2, -0.15) is 0 Å². The van der Waals surface area contributed by atoms with E-state index in [0.29, 0.717) is 19.3 Å². The molecule has 64 heavy (non-hydrogen) atoms. The van der Waals surface area contributed by atoms with E-state index < -0.39 is 6.10 Å². The quantitative estimate of drug-likeness (QED) is 0.0262. The third kappa shape index (κ3) is 49.9. The number of hydrogen-bond donors (Lipinski definition) is 0. The van der Waals surface area contributed by atoms with Gasteiger partial charge < -0.3 is 14.2 Å². The molecule has 0 aromatic heterocycles. The van der Waals surface area contributed by atoms with Crippen LogP contribution in [0.25, 0.3) is 0 Å². The molecular formula is C58H100O6. The van der Waals surface area contributed by atoms with Crippen molar-refractivity contribution in [2.45, 2.75) is 264 Å². The fraction of sp³-hybridized carbons (Fsp3) is 0.741. The second kappa shape index (κ2) is 52.5. The molecular weight excluding hydrogens is 793 g/mol. The van der Waals surface area contributed by atoms with Gasteiger partial charge in [-0.15, -0.1) is 0 Å². The lowest BCUT2D eigenvalue weighted by Crippen LogP contribution is -2.30. The van der Waals surface area contributed by atoms with Gasteiger partial charge in [0, 0.05) is 19.3 Å². The largest absolute Gasteiger partial charge is 0.462 e. The molecule has 0 heterocycles. The zero-order valence-electron chi connectivity index (χ0n) is 42.0. The zero-order chi connectivity index (χ0) is 46.5. The third-order valence-corrected chi connectivity index (χ3v) is 11.4. The number of esters is 3. The van der Waals surface area contributed by atoms with Crippen molar-refractivity contribution >= 4 is 17.9 Å². The number of unbranched alkanes of at least 4 members (excludes halogenated alkanes) is 25. The molecule has 0 aromatic rings. The predicted molar refractivity (Wildman–Crippen MR) is 274 cm³/mol. The molecule has 0 aliphatic carbocycles. The van der Waals surface area contributed by atoms with Crippen LogP contribution in [-0.2, 0) is 28.6 Å². The standard InChI is InChI=1S/C58H100O6/c1-4-7-10-13-16-19-22-24-26-28-29-31-32-34-36-39-42-45-48-51-57(60)63-54-55(53-62-56(59)50-47-44-41-38-21-18-15-12-9-6-3)64-58(61)52-49-46-43-40-37-35-33-30-27-25-23-20-17-14-11-8-5-2/h7,10,15-20,24-27,55H,4-6,8-9,11-14,21-23,28-54H2,1-3H3/b10-7-,18-15-,19-16-,20-17-,26-24-,27-25-. The SMILES string of the molecule is CC/C=C\C/C=C\C/C=C\CCCCCCCCCCCC(=O)OCC(COC(=O)CCCCCC/C=C\CCCC)OC(=O)CCCCCCCCC/C=C\C/C=C\CCCCC. The molecule has 0 aliphatic rings. The minimum atomic E-state index is -0.785. The van der Waals surface area contributed by atoms with Crippen molar-refractivity contribution in [1.82, 2.24) is 0 Å². The van der Waals surface area contributed by atoms with E-state index >= 15 is 0 Å². The fourth-order valence-electron chi connectivity index (χ4n) is 7.35. The summed E-state index contributed by atoms with van der Waals surface area (Å²) in [5, 5.41) is 0. The number of rotatable bonds is 48. The van der Waals surface area contributed by atoms with Crippen molar-refractivity contribution in [2.75, 3.05) is 13.2 Å². The van der Waals surface area contributed by atoms with Gasteiger partial charge >= 0.3 is 17.9 Å². The molecule has 0 bridgehead atoms. The summed E-state index contributed by atoms with van der Waals surface area (Å²) < 4.78 is 16.8. The Morgan fingerprint density at radius 2 is 0.625 bits per heavy atom. The second-order valence-electron chi connectivity index (χ2n) is 17.7. The third-order valence-electron chi connectivity index (χ3n) is 11.4. The van der Waals surface area contributed by atoms with E-state index in [-0.39, 0.29) is 31.1 Å². The van der Waals surface area contributed by atoms with Crippen LogP contribution in [0.2, 0.25) is 0 Å². The van der Waals surface area contributed by atoms with E-state index in [0.717, 1.165) is 109 Å². The van der Waals surface area contributed by atoms with E-state index in [1.54, 1.807) is 0 Å². The molecule has 0 N–H and O–H groups in total. The van der Waals surface area contributed by atoms with Crippen LogP contribution < -0.4 is 0 Å². The van der Waals surface area contributed by atoms with E-state index in [9.17, 15) is 14.4 Å². The summed E-state index contributed by atoms with van der Waals surface area (Å²) in [5.41, 5.74) is 0. The molecule has 0 radical (unpaired) electrons. The van der Waals surface area contributed by atoms with Gasteiger partial charge in [0.25, 0.3) is 0 Å². The molecule has 6 nitrogen and oxygen atoms in total. The summed E-state index contributed by atoms with van der Waals surface area (Å²) in [4.78, 5) is 38.0. The van der Waals surface area contributed by atoms with Crippen molar-refractivity contribution in [3.63, 3.8) is 0 Å². The molecule has 1 atom stereocenters. The minimum Gasteiger partial charge on any atom is -0.462 e. The summed E-state index contributed by atoms with van der Waals surface area (Å²) >= 11 is 0. The number of carbonyl (C=O) groups excluding carboxylic acids is 3. The molecule has 0 amide bonds. The first-order valence-electron chi connectivity index (χ1n) is 26.9. The van der Waals surface area contributed by atoms with Gasteiger partial charge in [0.1, 0.15) is 13.2 Å². The highest BCUT2D eigenvalue weighted by molar-refractivity contribution is 5.71. The van der Waals surface area contributed by atoms with Gasteiger partial charge in [-0.3, -0.25) is 14.4 Å². The molecule has 0 saturated heterocycles. The Morgan fingerprint density at radius 3 is 1.02 bits per heavy atom. The maximum atomic E-state index is 12.8. The molecule has 0 aliphatic heterocycles. The van der Waals surface area contributed by atoms with Crippen molar-refractivity contribution in [3.8, 4) is 0 Å². The average Bonchev–Trinajstić information content (AvgIpc) is 3.29. The lowest BCUT2D eigenvalue weighted by Gasteiger charge is -2.18. The molecule has 0 rings (SSSR count). The van der Waals surface area contributed by atoms with Crippen LogP contribution in [0, 0.1) is 0 Å². The first-order valence-corrected chi connectivity index (χ1v) is 26.9. The van der Waals surface area contributed by atoms with Crippen molar-refractivity contribution in [3.05, 3.63) is 72.9 Å². The maximum absolute atomic E-state index is 12.8. The molecule has 368 valence electrons. The van der Waals surface area contributed by atoms with E-state index in [2.05, 4.69) is 93.7 Å². The van der Waals surface area contributed by atoms with E-state index in [4.69, 9.17) is 14.2 Å². The van der Waals surface area contributed by atoms with Crippen LogP contribution in [0.15, 0.2) is 72.9 Å². The topological polar surface area (TPSA) is 78.9 Å². The first-order chi connectivity index (χ1) is 31.5. The average molecular weight is 893 g/mol. The van der Waals surface area contributed by atoms with Crippen LogP contribution in [-0.4, -0.2) is 37.2 Å². The van der Waals surface area contributed by atoms with Gasteiger partial charge in [0.2, 0.25) is 0 Å². The van der Waals surface area contributed by atoms with Gasteiger partial charge in [-0.25, -0.2) is 0 Å².